The fraction of sp³-hybridized carbons (Fsp3) is 0.769. The van der Waals surface area contributed by atoms with E-state index < -0.39 is 11.9 Å². The maximum absolute atomic E-state index is 11.3. The number of hydrazine groups is 1. The van der Waals surface area contributed by atoms with Gasteiger partial charge < -0.3 is 9.47 Å². The quantitative estimate of drug-likeness (QED) is 0.282. The number of hydrogen-bond acceptors (Lipinski definition) is 5. The van der Waals surface area contributed by atoms with Gasteiger partial charge in [0.05, 0.1) is 6.61 Å². The van der Waals surface area contributed by atoms with Crippen LogP contribution in [0.15, 0.2) is 0 Å². The average Bonchev–Trinajstić information content (AvgIpc) is 2.44. The average molecular weight is 288 g/mol. The molecule has 0 heterocycles. The molecule has 0 aromatic rings. The normalized spacial score (nSPS) is 9.90. The third-order valence-corrected chi connectivity index (χ3v) is 2.36. The number of hydrogen-bond donors (Lipinski definition) is 2. The van der Waals surface area contributed by atoms with Crippen LogP contribution < -0.4 is 10.9 Å². The molecule has 0 saturated heterocycles. The molecule has 2 amide bonds. The Bertz CT molecular complexity index is 307. The predicted molar refractivity (Wildman–Crippen MR) is 72.5 cm³/mol. The minimum Gasteiger partial charge on any atom is -0.459 e. The van der Waals surface area contributed by atoms with Crippen LogP contribution in [-0.2, 0) is 23.9 Å². The summed E-state index contributed by atoms with van der Waals surface area (Å²) in [5.74, 6) is -2.35. The number of carbonyl (C=O) groups excluding carboxylic acids is 3. The van der Waals surface area contributed by atoms with Crippen molar-refractivity contribution in [3.63, 3.8) is 0 Å². The standard InChI is InChI=1S/C13H24N2O5/c1-3-5-9-19-10-7-6-8-11(16)14-15-12(17)13(18)20-4-2/h3-10H2,1-2H3,(H,14,16)(H,15,17). The minimum absolute atomic E-state index is 0.109. The molecule has 0 spiro atoms. The summed E-state index contributed by atoms with van der Waals surface area (Å²) >= 11 is 0. The first-order valence-electron chi connectivity index (χ1n) is 6.95. The smallest absolute Gasteiger partial charge is 0.398 e. The largest absolute Gasteiger partial charge is 0.459 e. The Labute approximate surface area is 119 Å². The maximum atomic E-state index is 11.3. The summed E-state index contributed by atoms with van der Waals surface area (Å²) in [6.45, 7) is 5.17. The summed E-state index contributed by atoms with van der Waals surface area (Å²) in [5.41, 5.74) is 4.14. The van der Waals surface area contributed by atoms with E-state index in [1.54, 1.807) is 6.92 Å². The third-order valence-electron chi connectivity index (χ3n) is 2.36. The zero-order chi connectivity index (χ0) is 15.2. The van der Waals surface area contributed by atoms with E-state index in [-0.39, 0.29) is 18.9 Å². The van der Waals surface area contributed by atoms with Crippen LogP contribution in [0.25, 0.3) is 0 Å². The van der Waals surface area contributed by atoms with Crippen molar-refractivity contribution >= 4 is 17.8 Å². The molecule has 20 heavy (non-hydrogen) atoms. The summed E-state index contributed by atoms with van der Waals surface area (Å²) in [6, 6.07) is 0. The van der Waals surface area contributed by atoms with E-state index in [9.17, 15) is 14.4 Å². The Kier molecular flexibility index (Phi) is 11.4. The van der Waals surface area contributed by atoms with Crippen LogP contribution in [0.4, 0.5) is 0 Å². The molecule has 0 atom stereocenters. The van der Waals surface area contributed by atoms with Crippen LogP contribution in [0.2, 0.25) is 0 Å². The Balaban J connectivity index is 3.50. The number of nitrogens with one attached hydrogen (secondary N) is 2. The molecule has 0 radical (unpaired) electrons. The van der Waals surface area contributed by atoms with E-state index in [1.807, 2.05) is 5.43 Å². The first-order valence-corrected chi connectivity index (χ1v) is 6.95. The van der Waals surface area contributed by atoms with E-state index in [0.29, 0.717) is 13.0 Å². The van der Waals surface area contributed by atoms with Crippen LogP contribution in [0.5, 0.6) is 0 Å². The van der Waals surface area contributed by atoms with E-state index in [0.717, 1.165) is 25.9 Å². The van der Waals surface area contributed by atoms with Gasteiger partial charge in [-0.2, -0.15) is 0 Å². The molecular weight excluding hydrogens is 264 g/mol. The van der Waals surface area contributed by atoms with Crippen molar-refractivity contribution in [3.8, 4) is 0 Å². The van der Waals surface area contributed by atoms with Crippen molar-refractivity contribution in [2.24, 2.45) is 0 Å². The molecule has 0 aromatic heterocycles. The van der Waals surface area contributed by atoms with Crippen molar-refractivity contribution in [3.05, 3.63) is 0 Å². The second-order valence-corrected chi connectivity index (χ2v) is 4.15. The first-order chi connectivity index (χ1) is 9.61. The fourth-order valence-corrected chi connectivity index (χ4v) is 1.27. The van der Waals surface area contributed by atoms with Gasteiger partial charge in [-0.15, -0.1) is 0 Å². The van der Waals surface area contributed by atoms with Gasteiger partial charge in [-0.1, -0.05) is 13.3 Å². The van der Waals surface area contributed by atoms with E-state index in [4.69, 9.17) is 4.74 Å². The Morgan fingerprint density at radius 3 is 2.30 bits per heavy atom. The zero-order valence-corrected chi connectivity index (χ0v) is 12.2. The summed E-state index contributed by atoms with van der Waals surface area (Å²) in [6.07, 6.45) is 3.85. The van der Waals surface area contributed by atoms with Crippen molar-refractivity contribution < 1.29 is 23.9 Å². The summed E-state index contributed by atoms with van der Waals surface area (Å²) in [4.78, 5) is 33.4. The van der Waals surface area contributed by atoms with Crippen LogP contribution >= 0.6 is 0 Å². The highest BCUT2D eigenvalue weighted by atomic mass is 16.5. The van der Waals surface area contributed by atoms with Gasteiger partial charge in [0.1, 0.15) is 0 Å². The van der Waals surface area contributed by atoms with Crippen molar-refractivity contribution in [1.29, 1.82) is 0 Å². The van der Waals surface area contributed by atoms with Gasteiger partial charge in [0.2, 0.25) is 5.91 Å². The van der Waals surface area contributed by atoms with Gasteiger partial charge in [0, 0.05) is 19.6 Å². The highest BCUT2D eigenvalue weighted by Gasteiger charge is 2.14. The van der Waals surface area contributed by atoms with Crippen molar-refractivity contribution in [2.75, 3.05) is 19.8 Å². The van der Waals surface area contributed by atoms with Gasteiger partial charge in [0.25, 0.3) is 0 Å². The molecule has 0 aliphatic rings. The van der Waals surface area contributed by atoms with Crippen molar-refractivity contribution in [1.82, 2.24) is 10.9 Å². The molecule has 7 heteroatoms. The number of carbonyl (C=O) groups is 3. The summed E-state index contributed by atoms with van der Waals surface area (Å²) in [5, 5.41) is 0. The lowest BCUT2D eigenvalue weighted by Crippen LogP contribution is -2.45. The molecule has 0 bridgehead atoms. The Morgan fingerprint density at radius 2 is 1.65 bits per heavy atom. The maximum Gasteiger partial charge on any atom is 0.398 e. The Hall–Kier alpha value is -1.63. The molecule has 0 fully saturated rings. The molecule has 0 rings (SSSR count). The highest BCUT2D eigenvalue weighted by Crippen LogP contribution is 1.97. The molecule has 0 saturated carbocycles. The van der Waals surface area contributed by atoms with Gasteiger partial charge in [-0.05, 0) is 26.2 Å². The number of esters is 1. The lowest BCUT2D eigenvalue weighted by atomic mass is 10.2. The predicted octanol–water partition coefficient (Wildman–Crippen LogP) is 0.684. The third kappa shape index (κ3) is 10.3. The van der Waals surface area contributed by atoms with Gasteiger partial charge in [-0.3, -0.25) is 20.4 Å². The van der Waals surface area contributed by atoms with E-state index in [2.05, 4.69) is 17.1 Å². The van der Waals surface area contributed by atoms with Crippen LogP contribution in [0, 0.1) is 0 Å². The molecule has 0 aliphatic carbocycles. The minimum atomic E-state index is -1.02. The van der Waals surface area contributed by atoms with Crippen molar-refractivity contribution in [2.45, 2.75) is 46.0 Å². The van der Waals surface area contributed by atoms with E-state index in [1.165, 1.54) is 0 Å². The van der Waals surface area contributed by atoms with Crippen LogP contribution in [-0.4, -0.2) is 37.6 Å². The summed E-state index contributed by atoms with van der Waals surface area (Å²) < 4.78 is 9.81. The van der Waals surface area contributed by atoms with E-state index >= 15 is 0 Å². The van der Waals surface area contributed by atoms with Crippen LogP contribution in [0.1, 0.15) is 46.0 Å². The van der Waals surface area contributed by atoms with Gasteiger partial charge in [0.15, 0.2) is 0 Å². The Morgan fingerprint density at radius 1 is 0.950 bits per heavy atom. The number of amides is 2. The number of unbranched alkanes of at least 4 members (excludes halogenated alkanes) is 2. The van der Waals surface area contributed by atoms with Crippen LogP contribution in [0.3, 0.4) is 0 Å². The summed E-state index contributed by atoms with van der Waals surface area (Å²) in [7, 11) is 0. The molecular formula is C13H24N2O5. The molecule has 7 nitrogen and oxygen atoms in total. The molecule has 116 valence electrons. The second kappa shape index (κ2) is 12.4. The second-order valence-electron chi connectivity index (χ2n) is 4.15. The fourth-order valence-electron chi connectivity index (χ4n) is 1.27. The van der Waals surface area contributed by atoms with Gasteiger partial charge in [-0.25, -0.2) is 4.79 Å². The molecule has 0 aromatic carbocycles. The topological polar surface area (TPSA) is 93.7 Å². The highest BCUT2D eigenvalue weighted by molar-refractivity contribution is 6.32. The SMILES string of the molecule is CCCCOCCCCC(=O)NNC(=O)C(=O)OCC. The lowest BCUT2D eigenvalue weighted by molar-refractivity contribution is -0.155. The monoisotopic (exact) mass is 288 g/mol. The first kappa shape index (κ1) is 18.4. The number of rotatable bonds is 9. The molecule has 2 N–H and O–H groups in total. The lowest BCUT2D eigenvalue weighted by Gasteiger charge is -2.07. The molecule has 0 aliphatic heterocycles. The number of ether oxygens (including phenoxy) is 2. The zero-order valence-electron chi connectivity index (χ0n) is 12.2. The van der Waals surface area contributed by atoms with Gasteiger partial charge >= 0.3 is 11.9 Å². The molecule has 0 unspecified atom stereocenters.